The highest BCUT2D eigenvalue weighted by Gasteiger charge is 2.40. The quantitative estimate of drug-likeness (QED) is 0.848. The number of likely N-dealkylation sites (N-methyl/N-ethyl adjacent to an activating group) is 1. The predicted molar refractivity (Wildman–Crippen MR) is 70.2 cm³/mol. The third-order valence-electron chi connectivity index (χ3n) is 2.33. The van der Waals surface area contributed by atoms with Crippen molar-refractivity contribution in [3.8, 4) is 0 Å². The number of rotatable bonds is 5. The van der Waals surface area contributed by atoms with Crippen LogP contribution in [0.4, 0.5) is 13.2 Å². The van der Waals surface area contributed by atoms with E-state index in [1.807, 2.05) is 19.0 Å². The number of thiophene rings is 1. The molecular weight excluding hydrogens is 293 g/mol. The minimum atomic E-state index is -4.92. The first-order chi connectivity index (χ1) is 9.11. The molecule has 1 atom stereocenters. The molecule has 0 radical (unpaired) electrons. The molecule has 0 saturated carbocycles. The molecular formula is C12H15F3N2O2S. The van der Waals surface area contributed by atoms with Crippen LogP contribution in [0.1, 0.15) is 26.3 Å². The number of carbonyl (C=O) groups excluding carboxylic acids is 2. The Morgan fingerprint density at radius 3 is 2.35 bits per heavy atom. The third kappa shape index (κ3) is 4.61. The fourth-order valence-electron chi connectivity index (χ4n) is 1.61. The van der Waals surface area contributed by atoms with Gasteiger partial charge in [-0.05, 0) is 33.2 Å². The van der Waals surface area contributed by atoms with E-state index < -0.39 is 22.7 Å². The molecule has 0 fully saturated rings. The maximum absolute atomic E-state index is 12.2. The van der Waals surface area contributed by atoms with Gasteiger partial charge >= 0.3 is 6.18 Å². The first kappa shape index (κ1) is 16.6. The minimum Gasteiger partial charge on any atom is -0.348 e. The van der Waals surface area contributed by atoms with Crippen molar-refractivity contribution in [2.24, 2.45) is 0 Å². The second kappa shape index (κ2) is 6.36. The van der Waals surface area contributed by atoms with Gasteiger partial charge in [-0.3, -0.25) is 9.59 Å². The SMILES string of the molecule is CC(CN(C)C)NC(=O)c1ccc(C(=O)C(F)(F)F)s1. The average Bonchev–Trinajstić information content (AvgIpc) is 2.74. The van der Waals surface area contributed by atoms with Gasteiger partial charge in [0.2, 0.25) is 0 Å². The number of nitrogens with zero attached hydrogens (tertiary/aromatic N) is 1. The summed E-state index contributed by atoms with van der Waals surface area (Å²) in [5.74, 6) is -2.41. The largest absolute Gasteiger partial charge is 0.455 e. The Bertz CT molecular complexity index is 497. The second-order valence-corrected chi connectivity index (χ2v) is 5.71. The highest BCUT2D eigenvalue weighted by Crippen LogP contribution is 2.26. The van der Waals surface area contributed by atoms with Gasteiger partial charge in [-0.15, -0.1) is 11.3 Å². The van der Waals surface area contributed by atoms with E-state index in [1.165, 1.54) is 6.07 Å². The highest BCUT2D eigenvalue weighted by atomic mass is 32.1. The monoisotopic (exact) mass is 308 g/mol. The summed E-state index contributed by atoms with van der Waals surface area (Å²) in [6, 6.07) is 2.09. The molecule has 20 heavy (non-hydrogen) atoms. The molecule has 1 aromatic heterocycles. The number of carbonyl (C=O) groups is 2. The summed E-state index contributed by atoms with van der Waals surface area (Å²) >= 11 is 0.542. The first-order valence-electron chi connectivity index (χ1n) is 5.78. The molecule has 1 aromatic rings. The van der Waals surface area contributed by atoms with Crippen LogP contribution in [0.3, 0.4) is 0 Å². The number of hydrogen-bond donors (Lipinski definition) is 1. The lowest BCUT2D eigenvalue weighted by molar-refractivity contribution is -0.0882. The van der Waals surface area contributed by atoms with Gasteiger partial charge in [0, 0.05) is 12.6 Å². The van der Waals surface area contributed by atoms with Gasteiger partial charge in [-0.2, -0.15) is 13.2 Å². The molecule has 4 nitrogen and oxygen atoms in total. The van der Waals surface area contributed by atoms with Gasteiger partial charge in [-0.25, -0.2) is 0 Å². The van der Waals surface area contributed by atoms with Crippen molar-refractivity contribution in [2.45, 2.75) is 19.1 Å². The van der Waals surface area contributed by atoms with Crippen LogP contribution in [0.2, 0.25) is 0 Å². The lowest BCUT2D eigenvalue weighted by Crippen LogP contribution is -2.39. The van der Waals surface area contributed by atoms with Crippen LogP contribution in [0.5, 0.6) is 0 Å². The smallest absolute Gasteiger partial charge is 0.348 e. The number of halogens is 3. The van der Waals surface area contributed by atoms with Crippen molar-refractivity contribution in [1.29, 1.82) is 0 Å². The summed E-state index contributed by atoms with van der Waals surface area (Å²) in [5, 5.41) is 2.66. The number of Topliss-reactive ketones (excluding diaryl/α,β-unsaturated/α-hetero) is 1. The van der Waals surface area contributed by atoms with Gasteiger partial charge in [0.05, 0.1) is 9.75 Å². The Morgan fingerprint density at radius 1 is 1.30 bits per heavy atom. The standard InChI is InChI=1S/C12H15F3N2O2S/c1-7(6-17(2)3)16-11(19)9-5-4-8(20-9)10(18)12(13,14)15/h4-5,7H,6H2,1-3H3,(H,16,19). The molecule has 0 aromatic carbocycles. The van der Waals surface area contributed by atoms with Crippen molar-refractivity contribution in [3.63, 3.8) is 0 Å². The van der Waals surface area contributed by atoms with E-state index in [2.05, 4.69) is 5.32 Å². The summed E-state index contributed by atoms with van der Waals surface area (Å²) in [5.41, 5.74) is 0. The van der Waals surface area contributed by atoms with Crippen LogP contribution in [-0.2, 0) is 0 Å². The number of nitrogens with one attached hydrogen (secondary N) is 1. The van der Waals surface area contributed by atoms with Crippen LogP contribution in [0, 0.1) is 0 Å². The fraction of sp³-hybridized carbons (Fsp3) is 0.500. The zero-order valence-corrected chi connectivity index (χ0v) is 12.1. The van der Waals surface area contributed by atoms with E-state index in [1.54, 1.807) is 6.92 Å². The Balaban J connectivity index is 2.72. The number of alkyl halides is 3. The van der Waals surface area contributed by atoms with Crippen LogP contribution in [0.25, 0.3) is 0 Å². The first-order valence-corrected chi connectivity index (χ1v) is 6.60. The van der Waals surface area contributed by atoms with E-state index in [0.717, 1.165) is 6.07 Å². The topological polar surface area (TPSA) is 49.4 Å². The summed E-state index contributed by atoms with van der Waals surface area (Å²) in [7, 11) is 3.68. The highest BCUT2D eigenvalue weighted by molar-refractivity contribution is 7.16. The van der Waals surface area contributed by atoms with Gasteiger partial charge in [0.25, 0.3) is 11.7 Å². The van der Waals surface area contributed by atoms with E-state index in [-0.39, 0.29) is 10.9 Å². The summed E-state index contributed by atoms with van der Waals surface area (Å²) in [6.45, 7) is 2.39. The van der Waals surface area contributed by atoms with Gasteiger partial charge in [0.1, 0.15) is 0 Å². The normalized spacial score (nSPS) is 13.3. The van der Waals surface area contributed by atoms with E-state index >= 15 is 0 Å². The maximum Gasteiger partial charge on any atom is 0.455 e. The molecule has 0 saturated heterocycles. The molecule has 1 N–H and O–H groups in total. The Kier molecular flexibility index (Phi) is 5.29. The fourth-order valence-corrected chi connectivity index (χ4v) is 2.48. The lowest BCUT2D eigenvalue weighted by atomic mass is 10.3. The molecule has 0 aliphatic rings. The number of amides is 1. The van der Waals surface area contributed by atoms with Gasteiger partial charge < -0.3 is 10.2 Å². The molecule has 0 spiro atoms. The molecule has 112 valence electrons. The Morgan fingerprint density at radius 2 is 1.85 bits per heavy atom. The van der Waals surface area contributed by atoms with Crippen molar-refractivity contribution < 1.29 is 22.8 Å². The zero-order valence-electron chi connectivity index (χ0n) is 11.2. The van der Waals surface area contributed by atoms with Crippen LogP contribution < -0.4 is 5.32 Å². The van der Waals surface area contributed by atoms with E-state index in [4.69, 9.17) is 0 Å². The van der Waals surface area contributed by atoms with Crippen molar-refractivity contribution >= 4 is 23.0 Å². The molecule has 1 unspecified atom stereocenters. The Labute approximate surface area is 118 Å². The van der Waals surface area contributed by atoms with Crippen molar-refractivity contribution in [1.82, 2.24) is 10.2 Å². The van der Waals surface area contributed by atoms with Crippen molar-refractivity contribution in [3.05, 3.63) is 21.9 Å². The molecule has 8 heteroatoms. The second-order valence-electron chi connectivity index (χ2n) is 4.63. The third-order valence-corrected chi connectivity index (χ3v) is 3.41. The van der Waals surface area contributed by atoms with E-state index in [0.29, 0.717) is 17.9 Å². The zero-order chi connectivity index (χ0) is 15.5. The van der Waals surface area contributed by atoms with Crippen LogP contribution >= 0.6 is 11.3 Å². The van der Waals surface area contributed by atoms with Crippen LogP contribution in [-0.4, -0.2) is 49.4 Å². The summed E-state index contributed by atoms with van der Waals surface area (Å²) in [6.07, 6.45) is -4.92. The molecule has 1 amide bonds. The predicted octanol–water partition coefficient (Wildman–Crippen LogP) is 2.17. The van der Waals surface area contributed by atoms with Crippen molar-refractivity contribution in [2.75, 3.05) is 20.6 Å². The summed E-state index contributed by atoms with van der Waals surface area (Å²) in [4.78, 5) is 24.3. The molecule has 0 bridgehead atoms. The molecule has 1 heterocycles. The van der Waals surface area contributed by atoms with E-state index in [9.17, 15) is 22.8 Å². The average molecular weight is 308 g/mol. The van der Waals surface area contributed by atoms with Crippen LogP contribution in [0.15, 0.2) is 12.1 Å². The Hall–Kier alpha value is -1.41. The molecule has 0 aliphatic carbocycles. The number of ketones is 1. The maximum atomic E-state index is 12.2. The summed E-state index contributed by atoms with van der Waals surface area (Å²) < 4.78 is 36.7. The van der Waals surface area contributed by atoms with Gasteiger partial charge in [0.15, 0.2) is 0 Å². The molecule has 0 aliphatic heterocycles. The van der Waals surface area contributed by atoms with Gasteiger partial charge in [-0.1, -0.05) is 0 Å². The molecule has 1 rings (SSSR count). The lowest BCUT2D eigenvalue weighted by Gasteiger charge is -2.17. The minimum absolute atomic E-state index is 0.0863. The number of hydrogen-bond acceptors (Lipinski definition) is 4.